The second-order valence-electron chi connectivity index (χ2n) is 10.3. The summed E-state index contributed by atoms with van der Waals surface area (Å²) in [4.78, 5) is 26.5. The van der Waals surface area contributed by atoms with Gasteiger partial charge < -0.3 is 9.47 Å². The lowest BCUT2D eigenvalue weighted by Gasteiger charge is -2.19. The third-order valence-electron chi connectivity index (χ3n) is 7.41. The van der Waals surface area contributed by atoms with Crippen LogP contribution in [0.25, 0.3) is 21.5 Å². The fraction of sp³-hybridized carbons (Fsp3) is 0.353. The van der Waals surface area contributed by atoms with E-state index >= 15 is 0 Å². The topological polar surface area (TPSA) is 52.6 Å². The molecule has 0 heterocycles. The molecule has 0 amide bonds. The van der Waals surface area contributed by atoms with E-state index in [1.54, 1.807) is 24.3 Å². The van der Waals surface area contributed by atoms with Crippen molar-refractivity contribution < 1.29 is 19.1 Å². The largest absolute Gasteiger partial charge is 0.490 e. The average Bonchev–Trinajstić information content (AvgIpc) is 2.94. The number of benzene rings is 4. The van der Waals surface area contributed by atoms with Crippen LogP contribution in [0, 0.1) is 0 Å². The lowest BCUT2D eigenvalue weighted by Crippen LogP contribution is -2.20. The third kappa shape index (κ3) is 5.31. The van der Waals surface area contributed by atoms with Gasteiger partial charge in [0.15, 0.2) is 23.1 Å². The molecule has 0 aromatic heterocycles. The molecule has 0 aliphatic heterocycles. The molecule has 0 spiro atoms. The molecule has 4 aromatic rings. The maximum absolute atomic E-state index is 13.2. The van der Waals surface area contributed by atoms with E-state index in [2.05, 4.69) is 38.1 Å². The Morgan fingerprint density at radius 3 is 1.34 bits per heavy atom. The molecule has 0 atom stereocenters. The zero-order valence-corrected chi connectivity index (χ0v) is 22.5. The van der Waals surface area contributed by atoms with E-state index in [-0.39, 0.29) is 11.6 Å². The zero-order valence-electron chi connectivity index (χ0n) is 22.5. The molecule has 1 aliphatic carbocycles. The van der Waals surface area contributed by atoms with Crippen molar-refractivity contribution in [2.75, 3.05) is 13.2 Å². The van der Waals surface area contributed by atoms with Gasteiger partial charge in [0, 0.05) is 22.3 Å². The molecule has 0 saturated carbocycles. The number of hydrogen-bond donors (Lipinski definition) is 0. The van der Waals surface area contributed by atoms with Crippen LogP contribution in [-0.2, 0) is 0 Å². The van der Waals surface area contributed by atoms with Gasteiger partial charge >= 0.3 is 0 Å². The molecule has 38 heavy (non-hydrogen) atoms. The first-order valence-electron chi connectivity index (χ1n) is 14.1. The molecule has 0 saturated heterocycles. The minimum absolute atomic E-state index is 0.0971. The molecule has 0 N–H and O–H groups in total. The predicted molar refractivity (Wildman–Crippen MR) is 154 cm³/mol. The first kappa shape index (κ1) is 26.0. The maximum Gasteiger partial charge on any atom is 0.194 e. The summed E-state index contributed by atoms with van der Waals surface area (Å²) in [6.45, 7) is 5.74. The fourth-order valence-electron chi connectivity index (χ4n) is 5.25. The molecule has 0 fully saturated rings. The van der Waals surface area contributed by atoms with Crippen LogP contribution in [-0.4, -0.2) is 24.8 Å². The van der Waals surface area contributed by atoms with Gasteiger partial charge in [-0.15, -0.1) is 0 Å². The Labute approximate surface area is 225 Å². The number of ketones is 2. The highest BCUT2D eigenvalue weighted by Gasteiger charge is 2.29. The van der Waals surface area contributed by atoms with Crippen molar-refractivity contribution in [2.24, 2.45) is 0 Å². The van der Waals surface area contributed by atoms with E-state index in [9.17, 15) is 9.59 Å². The molecule has 0 bridgehead atoms. The molecule has 0 unspecified atom stereocenters. The molecule has 1 aliphatic rings. The van der Waals surface area contributed by atoms with Crippen molar-refractivity contribution in [3.63, 3.8) is 0 Å². The summed E-state index contributed by atoms with van der Waals surface area (Å²) >= 11 is 0. The van der Waals surface area contributed by atoms with Crippen molar-refractivity contribution in [3.8, 4) is 11.5 Å². The van der Waals surface area contributed by atoms with Gasteiger partial charge in [-0.3, -0.25) is 9.59 Å². The minimum atomic E-state index is -0.0971. The monoisotopic (exact) mass is 508 g/mol. The number of unbranched alkanes of at least 4 members (excludes halogenated alkanes) is 6. The van der Waals surface area contributed by atoms with Crippen LogP contribution < -0.4 is 9.47 Å². The molecule has 4 heteroatoms. The van der Waals surface area contributed by atoms with Crippen LogP contribution in [0.15, 0.2) is 60.7 Å². The van der Waals surface area contributed by atoms with Crippen molar-refractivity contribution in [1.82, 2.24) is 0 Å². The van der Waals surface area contributed by atoms with E-state index in [1.807, 2.05) is 12.1 Å². The van der Waals surface area contributed by atoms with Gasteiger partial charge in [0.05, 0.1) is 13.2 Å². The van der Waals surface area contributed by atoms with Crippen LogP contribution in [0.3, 0.4) is 0 Å². The quantitative estimate of drug-likeness (QED) is 0.125. The number of carbonyl (C=O) groups excluding carboxylic acids is 2. The summed E-state index contributed by atoms with van der Waals surface area (Å²) in [5.74, 6) is 1.34. The van der Waals surface area contributed by atoms with Crippen LogP contribution >= 0.6 is 0 Å². The van der Waals surface area contributed by atoms with E-state index in [4.69, 9.17) is 9.47 Å². The Bertz CT molecular complexity index is 1370. The number of fused-ring (bicyclic) bond motifs is 4. The number of ether oxygens (including phenoxy) is 2. The molecule has 0 radical (unpaired) electrons. The summed E-state index contributed by atoms with van der Waals surface area (Å²) in [7, 11) is 0. The second-order valence-corrected chi connectivity index (χ2v) is 10.3. The van der Waals surface area contributed by atoms with E-state index in [1.165, 1.54) is 25.7 Å². The summed E-state index contributed by atoms with van der Waals surface area (Å²) in [6, 6.07) is 19.1. The third-order valence-corrected chi connectivity index (χ3v) is 7.41. The number of hydrogen-bond acceptors (Lipinski definition) is 4. The van der Waals surface area contributed by atoms with Crippen molar-refractivity contribution >= 4 is 33.1 Å². The highest BCUT2D eigenvalue weighted by atomic mass is 16.5. The van der Waals surface area contributed by atoms with E-state index in [0.29, 0.717) is 35.5 Å². The van der Waals surface area contributed by atoms with Crippen LogP contribution in [0.2, 0.25) is 0 Å². The highest BCUT2D eigenvalue weighted by molar-refractivity contribution is 6.29. The van der Waals surface area contributed by atoms with Gasteiger partial charge in [-0.2, -0.15) is 0 Å². The van der Waals surface area contributed by atoms with Crippen molar-refractivity contribution in [1.29, 1.82) is 0 Å². The predicted octanol–water partition coefficient (Wildman–Crippen LogP) is 8.69. The van der Waals surface area contributed by atoms with Crippen LogP contribution in [0.5, 0.6) is 11.5 Å². The standard InChI is InChI=1S/C34H36O4/c1-3-5-7-11-15-37-31-21-25-17-23-19-29-30(34(36)28-14-10-9-13-27(28)33(29)35)20-24(23)18-26(25)22-32(31)38-16-12-8-6-4-2/h9-10,13-14,17-22H,3-8,11-12,15-16H2,1-2H3. The average molecular weight is 509 g/mol. The molecule has 5 rings (SSSR count). The summed E-state index contributed by atoms with van der Waals surface area (Å²) in [5.41, 5.74) is 1.90. The van der Waals surface area contributed by atoms with Crippen LogP contribution in [0.4, 0.5) is 0 Å². The second kappa shape index (κ2) is 11.8. The Morgan fingerprint density at radius 2 is 0.921 bits per heavy atom. The van der Waals surface area contributed by atoms with E-state index in [0.717, 1.165) is 58.7 Å². The lowest BCUT2D eigenvalue weighted by molar-refractivity contribution is 0.0979. The lowest BCUT2D eigenvalue weighted by atomic mass is 9.82. The Kier molecular flexibility index (Phi) is 8.07. The molecule has 196 valence electrons. The fourth-order valence-corrected chi connectivity index (χ4v) is 5.25. The smallest absolute Gasteiger partial charge is 0.194 e. The van der Waals surface area contributed by atoms with Gasteiger partial charge in [0.2, 0.25) is 0 Å². The Hall–Kier alpha value is -3.66. The SMILES string of the molecule is CCCCCCOc1cc2cc3cc4c(cc3cc2cc1OCCCCCC)C(=O)c1ccccc1C4=O. The highest BCUT2D eigenvalue weighted by Crippen LogP contribution is 2.37. The van der Waals surface area contributed by atoms with Gasteiger partial charge in [0.1, 0.15) is 0 Å². The molecular formula is C34H36O4. The van der Waals surface area contributed by atoms with Crippen LogP contribution in [0.1, 0.15) is 97.1 Å². The van der Waals surface area contributed by atoms with Crippen molar-refractivity contribution in [3.05, 3.63) is 82.9 Å². The Balaban J connectivity index is 1.50. The number of carbonyl (C=O) groups is 2. The summed E-state index contributed by atoms with van der Waals surface area (Å²) < 4.78 is 12.4. The van der Waals surface area contributed by atoms with Gasteiger partial charge in [-0.1, -0.05) is 76.6 Å². The summed E-state index contributed by atoms with van der Waals surface area (Å²) in [6.07, 6.45) is 9.16. The van der Waals surface area contributed by atoms with Gasteiger partial charge in [-0.25, -0.2) is 0 Å². The summed E-state index contributed by atoms with van der Waals surface area (Å²) in [5, 5.41) is 3.90. The van der Waals surface area contributed by atoms with Crippen molar-refractivity contribution in [2.45, 2.75) is 65.2 Å². The number of rotatable bonds is 12. The molecule has 4 nitrogen and oxygen atoms in total. The van der Waals surface area contributed by atoms with E-state index < -0.39 is 0 Å². The zero-order chi connectivity index (χ0) is 26.5. The molecule has 4 aromatic carbocycles. The maximum atomic E-state index is 13.2. The first-order valence-corrected chi connectivity index (χ1v) is 14.1. The minimum Gasteiger partial charge on any atom is -0.490 e. The normalized spacial score (nSPS) is 12.6. The molecular weight excluding hydrogens is 472 g/mol. The van der Waals surface area contributed by atoms with Gasteiger partial charge in [0.25, 0.3) is 0 Å². The Morgan fingerprint density at radius 1 is 0.500 bits per heavy atom. The van der Waals surface area contributed by atoms with Gasteiger partial charge in [-0.05, 0) is 70.8 Å². The first-order chi connectivity index (χ1) is 18.6.